The average molecular weight is 309 g/mol. The van der Waals surface area contributed by atoms with Gasteiger partial charge >= 0.3 is 5.92 Å². The zero-order valence-corrected chi connectivity index (χ0v) is 13.2. The van der Waals surface area contributed by atoms with E-state index in [2.05, 4.69) is 0 Å². The van der Waals surface area contributed by atoms with Gasteiger partial charge in [0.15, 0.2) is 0 Å². The molecule has 0 radical (unpaired) electrons. The largest absolute Gasteiger partial charge is 0.362 e. The number of rotatable bonds is 1. The zero-order valence-electron chi connectivity index (χ0n) is 12.2. The van der Waals surface area contributed by atoms with Crippen LogP contribution in [0.4, 0.5) is 8.78 Å². The number of hydrogen-bond donors (Lipinski definition) is 1. The number of hydrogen-bond acceptors (Lipinski definition) is 2. The maximum absolute atomic E-state index is 14.8. The van der Waals surface area contributed by atoms with Crippen LogP contribution in [0.1, 0.15) is 15.9 Å². The molecule has 1 N–H and O–H groups in total. The Bertz CT molecular complexity index is 666. The highest BCUT2D eigenvalue weighted by Gasteiger charge is 2.70. The lowest BCUT2D eigenvalue weighted by Crippen LogP contribution is -2.48. The molecular weight excluding hydrogens is 292 g/mol. The minimum Gasteiger partial charge on any atom is -0.362 e. The van der Waals surface area contributed by atoms with Gasteiger partial charge in [-0.2, -0.15) is 8.78 Å². The first kappa shape index (κ1) is 14.4. The summed E-state index contributed by atoms with van der Waals surface area (Å²) in [7, 11) is -1.90. The van der Waals surface area contributed by atoms with Gasteiger partial charge in [-0.25, -0.2) is 0 Å². The molecular formula is C15H17F2NO2Si. The van der Waals surface area contributed by atoms with E-state index in [1.807, 2.05) is 19.6 Å². The number of nitrogens with zero attached hydrogens (tertiary/aromatic N) is 1. The topological polar surface area (TPSA) is 40.5 Å². The molecule has 1 atom stereocenters. The van der Waals surface area contributed by atoms with Crippen molar-refractivity contribution < 1.29 is 18.7 Å². The second-order valence-electron chi connectivity index (χ2n) is 6.72. The second-order valence-corrected chi connectivity index (χ2v) is 11.7. The maximum Gasteiger partial charge on any atom is 0.321 e. The molecule has 1 saturated heterocycles. The average Bonchev–Trinajstić information content (AvgIpc) is 2.71. The van der Waals surface area contributed by atoms with Crippen molar-refractivity contribution in [3.8, 4) is 0 Å². The van der Waals surface area contributed by atoms with E-state index in [1.165, 1.54) is 12.1 Å². The molecule has 6 heteroatoms. The summed E-state index contributed by atoms with van der Waals surface area (Å²) in [5.74, 6) is -4.00. The van der Waals surface area contributed by atoms with Gasteiger partial charge in [0.25, 0.3) is 5.91 Å². The molecule has 0 bridgehead atoms. The van der Waals surface area contributed by atoms with Crippen LogP contribution in [0.5, 0.6) is 0 Å². The van der Waals surface area contributed by atoms with Gasteiger partial charge in [0, 0.05) is 16.7 Å². The van der Waals surface area contributed by atoms with Crippen LogP contribution in [0, 0.1) is 0 Å². The van der Waals surface area contributed by atoms with Crippen molar-refractivity contribution in [1.82, 2.24) is 4.90 Å². The fourth-order valence-electron chi connectivity index (χ4n) is 3.09. The molecule has 0 saturated carbocycles. The quantitative estimate of drug-likeness (QED) is 0.810. The number of amides is 1. The monoisotopic (exact) mass is 309 g/mol. The van der Waals surface area contributed by atoms with E-state index in [0.29, 0.717) is 0 Å². The molecule has 0 aliphatic carbocycles. The SMILES string of the molecule is C[Si](C)(C)/C=C1\CN2C(=O)c3ccccc3C2(O)C1(F)F. The van der Waals surface area contributed by atoms with Gasteiger partial charge in [-0.3, -0.25) is 9.69 Å². The third-order valence-electron chi connectivity index (χ3n) is 3.95. The van der Waals surface area contributed by atoms with E-state index in [-0.39, 0.29) is 23.2 Å². The Morgan fingerprint density at radius 2 is 1.90 bits per heavy atom. The highest BCUT2D eigenvalue weighted by Crippen LogP contribution is 2.55. The highest BCUT2D eigenvalue weighted by molar-refractivity contribution is 6.81. The highest BCUT2D eigenvalue weighted by atomic mass is 28.3. The van der Waals surface area contributed by atoms with Gasteiger partial charge in [0.2, 0.25) is 5.72 Å². The smallest absolute Gasteiger partial charge is 0.321 e. The van der Waals surface area contributed by atoms with Crippen molar-refractivity contribution in [3.05, 3.63) is 46.7 Å². The van der Waals surface area contributed by atoms with Crippen molar-refractivity contribution in [2.45, 2.75) is 31.3 Å². The molecule has 1 aromatic carbocycles. The van der Waals surface area contributed by atoms with Gasteiger partial charge in [-0.15, -0.1) is 0 Å². The lowest BCUT2D eigenvalue weighted by Gasteiger charge is -2.31. The van der Waals surface area contributed by atoms with Crippen LogP contribution in [0.15, 0.2) is 35.5 Å². The maximum atomic E-state index is 14.8. The van der Waals surface area contributed by atoms with E-state index < -0.39 is 25.6 Å². The molecule has 0 spiro atoms. The molecule has 2 heterocycles. The summed E-state index contributed by atoms with van der Waals surface area (Å²) in [5, 5.41) is 10.7. The van der Waals surface area contributed by atoms with Gasteiger partial charge < -0.3 is 5.11 Å². The summed E-state index contributed by atoms with van der Waals surface area (Å²) in [6, 6.07) is 6.05. The zero-order chi connectivity index (χ0) is 15.6. The molecule has 2 aliphatic rings. The normalized spacial score (nSPS) is 29.0. The molecule has 2 aliphatic heterocycles. The van der Waals surface area contributed by atoms with Gasteiger partial charge in [-0.1, -0.05) is 43.5 Å². The first-order chi connectivity index (χ1) is 9.59. The van der Waals surface area contributed by atoms with Crippen LogP contribution in [-0.4, -0.2) is 36.5 Å². The summed E-state index contributed by atoms with van der Waals surface area (Å²) in [5.41, 5.74) is -0.955. The Morgan fingerprint density at radius 3 is 2.52 bits per heavy atom. The van der Waals surface area contributed by atoms with Crippen molar-refractivity contribution in [2.75, 3.05) is 6.54 Å². The van der Waals surface area contributed by atoms with E-state index in [0.717, 1.165) is 4.90 Å². The number of fused-ring (bicyclic) bond motifs is 3. The van der Waals surface area contributed by atoms with Crippen molar-refractivity contribution >= 4 is 14.0 Å². The van der Waals surface area contributed by atoms with Crippen LogP contribution >= 0.6 is 0 Å². The second kappa shape index (κ2) is 4.01. The molecule has 0 aromatic heterocycles. The summed E-state index contributed by atoms with van der Waals surface area (Å²) >= 11 is 0. The standard InChI is InChI=1S/C15H17F2NO2Si/c1-21(2,3)9-10-8-18-13(19)11-6-4-5-7-12(11)15(18,20)14(10,16)17/h4-7,9,20H,8H2,1-3H3/b10-9+. The van der Waals surface area contributed by atoms with Crippen LogP contribution in [0.2, 0.25) is 19.6 Å². The molecule has 1 fully saturated rings. The summed E-state index contributed by atoms with van der Waals surface area (Å²) in [4.78, 5) is 13.2. The van der Waals surface area contributed by atoms with E-state index in [9.17, 15) is 18.7 Å². The minimum atomic E-state index is -3.46. The van der Waals surface area contributed by atoms with Crippen molar-refractivity contribution in [1.29, 1.82) is 0 Å². The Hall–Kier alpha value is -1.53. The third-order valence-corrected chi connectivity index (χ3v) is 5.16. The number of benzene rings is 1. The fourth-order valence-corrected chi connectivity index (χ4v) is 4.41. The number of alkyl halides is 2. The summed E-state index contributed by atoms with van der Waals surface area (Å²) in [6.45, 7) is 5.61. The minimum absolute atomic E-state index is 0.000948. The lowest BCUT2D eigenvalue weighted by molar-refractivity contribution is -0.195. The predicted octanol–water partition coefficient (Wildman–Crippen LogP) is 2.74. The molecule has 1 amide bonds. The van der Waals surface area contributed by atoms with Gasteiger partial charge in [0.1, 0.15) is 0 Å². The Morgan fingerprint density at radius 1 is 1.29 bits per heavy atom. The van der Waals surface area contributed by atoms with E-state index in [4.69, 9.17) is 0 Å². The predicted molar refractivity (Wildman–Crippen MR) is 77.8 cm³/mol. The molecule has 3 nitrogen and oxygen atoms in total. The number of halogens is 2. The molecule has 1 aromatic rings. The number of carbonyl (C=O) groups excluding carboxylic acids is 1. The van der Waals surface area contributed by atoms with Crippen molar-refractivity contribution in [2.24, 2.45) is 0 Å². The first-order valence-electron chi connectivity index (χ1n) is 6.83. The Labute approximate surface area is 122 Å². The van der Waals surface area contributed by atoms with Crippen LogP contribution in [0.3, 0.4) is 0 Å². The Balaban J connectivity index is 2.20. The van der Waals surface area contributed by atoms with E-state index >= 15 is 0 Å². The molecule has 1 unspecified atom stereocenters. The van der Waals surface area contributed by atoms with E-state index in [1.54, 1.807) is 17.8 Å². The summed E-state index contributed by atoms with van der Waals surface area (Å²) < 4.78 is 29.7. The first-order valence-corrected chi connectivity index (χ1v) is 10.4. The molecule has 3 rings (SSSR count). The third kappa shape index (κ3) is 1.75. The fraction of sp³-hybridized carbons (Fsp3) is 0.400. The van der Waals surface area contributed by atoms with Crippen LogP contribution in [-0.2, 0) is 5.72 Å². The van der Waals surface area contributed by atoms with Gasteiger partial charge in [0.05, 0.1) is 14.6 Å². The molecule has 112 valence electrons. The lowest BCUT2D eigenvalue weighted by atomic mass is 9.94. The van der Waals surface area contributed by atoms with Crippen LogP contribution in [0.25, 0.3) is 0 Å². The van der Waals surface area contributed by atoms with Crippen molar-refractivity contribution in [3.63, 3.8) is 0 Å². The molecule has 21 heavy (non-hydrogen) atoms. The number of carbonyl (C=O) groups is 1. The Kier molecular flexibility index (Phi) is 2.75. The van der Waals surface area contributed by atoms with Crippen LogP contribution < -0.4 is 0 Å². The van der Waals surface area contributed by atoms with Gasteiger partial charge in [-0.05, 0) is 6.07 Å². The summed E-state index contributed by atoms with van der Waals surface area (Å²) in [6.07, 6.45) is 0. The number of aliphatic hydroxyl groups is 1.